The Balaban J connectivity index is 2.05. The molecule has 2 aromatic heterocycles. The molecule has 0 aromatic carbocycles. The number of aromatic amines is 1. The lowest BCUT2D eigenvalue weighted by molar-refractivity contribution is -0.820. The minimum Gasteiger partial charge on any atom is -0.365 e. The Morgan fingerprint density at radius 1 is 1.37 bits per heavy atom. The van der Waals surface area contributed by atoms with Gasteiger partial charge in [0.25, 0.3) is 5.91 Å². The fourth-order valence-electron chi connectivity index (χ4n) is 3.53. The molecular weight excluding hydrogens is 378 g/mol. The molecule has 1 aliphatic rings. The van der Waals surface area contributed by atoms with Gasteiger partial charge in [-0.3, -0.25) is 9.59 Å². The number of nitrogens with zero attached hydrogens (tertiary/aromatic N) is 1. The number of alkyl halides is 2. The normalized spacial score (nSPS) is 17.6. The van der Waals surface area contributed by atoms with Crippen LogP contribution in [0, 0.1) is 0 Å². The first-order valence-corrected chi connectivity index (χ1v) is 9.09. The van der Waals surface area contributed by atoms with E-state index in [2.05, 4.69) is 10.4 Å². The largest absolute Gasteiger partial charge is 0.473 e. The number of aromatic nitrogens is 2. The van der Waals surface area contributed by atoms with Crippen molar-refractivity contribution in [2.75, 3.05) is 5.32 Å². The average Bonchev–Trinajstić information content (AvgIpc) is 3.09. The second-order valence-corrected chi connectivity index (χ2v) is 8.50. The number of nitrogens with one attached hydrogen (secondary N) is 2. The zero-order valence-corrected chi connectivity index (χ0v) is 16.2. The van der Waals surface area contributed by atoms with Gasteiger partial charge in [-0.25, -0.2) is 0 Å². The highest BCUT2D eigenvalue weighted by atomic mass is 32.1. The number of anilines is 1. The number of thiophene rings is 1. The first kappa shape index (κ1) is 19.4. The van der Waals surface area contributed by atoms with Crippen molar-refractivity contribution in [1.29, 1.82) is 0 Å². The van der Waals surface area contributed by atoms with Crippen LogP contribution in [0.25, 0.3) is 0 Å². The van der Waals surface area contributed by atoms with Gasteiger partial charge in [-0.2, -0.15) is 5.10 Å². The summed E-state index contributed by atoms with van der Waals surface area (Å²) in [5.74, 6) is -1.46. The predicted molar refractivity (Wildman–Crippen MR) is 94.9 cm³/mol. The number of amides is 2. The van der Waals surface area contributed by atoms with Gasteiger partial charge >= 0.3 is 18.2 Å². The molecule has 0 saturated carbocycles. The van der Waals surface area contributed by atoms with E-state index < -0.39 is 29.6 Å². The molecule has 3 rings (SSSR count). The van der Waals surface area contributed by atoms with Crippen LogP contribution in [0.4, 0.5) is 13.8 Å². The summed E-state index contributed by atoms with van der Waals surface area (Å²) in [7, 11) is 0. The highest BCUT2D eigenvalue weighted by Gasteiger charge is 2.43. The SMILES string of the molecule is CC1(C)Cc2c(sc(NC(=O)c3cc[nH][n+]3C(F)F)c2C(N)=O)C(C)(C)O1. The number of carbonyl (C=O) groups is 2. The summed E-state index contributed by atoms with van der Waals surface area (Å²) < 4.78 is 32.5. The van der Waals surface area contributed by atoms with Crippen LogP contribution in [0.5, 0.6) is 0 Å². The molecule has 146 valence electrons. The molecule has 2 amide bonds. The molecular formula is C17H21F2N4O3S+. The van der Waals surface area contributed by atoms with Crippen molar-refractivity contribution in [3.8, 4) is 0 Å². The van der Waals surface area contributed by atoms with Crippen molar-refractivity contribution in [3.05, 3.63) is 34.0 Å². The van der Waals surface area contributed by atoms with Gasteiger partial charge in [0.15, 0.2) is 0 Å². The Kier molecular flexibility index (Phi) is 4.59. The monoisotopic (exact) mass is 399 g/mol. The van der Waals surface area contributed by atoms with E-state index in [-0.39, 0.29) is 16.3 Å². The third-order valence-corrected chi connectivity index (χ3v) is 5.76. The van der Waals surface area contributed by atoms with Gasteiger partial charge in [0.1, 0.15) is 5.00 Å². The van der Waals surface area contributed by atoms with Gasteiger partial charge in [0.05, 0.1) is 23.0 Å². The van der Waals surface area contributed by atoms with Crippen molar-refractivity contribution < 1.29 is 27.8 Å². The second-order valence-electron chi connectivity index (χ2n) is 7.48. The number of primary amides is 1. The zero-order chi connectivity index (χ0) is 20.1. The van der Waals surface area contributed by atoms with E-state index in [1.807, 2.05) is 27.7 Å². The summed E-state index contributed by atoms with van der Waals surface area (Å²) in [4.78, 5) is 25.4. The Bertz CT molecular complexity index is 917. The molecule has 10 heteroatoms. The maximum absolute atomic E-state index is 13.0. The van der Waals surface area contributed by atoms with E-state index in [1.165, 1.54) is 23.6 Å². The topological polar surface area (TPSA) is 101 Å². The third-order valence-electron chi connectivity index (χ3n) is 4.30. The summed E-state index contributed by atoms with van der Waals surface area (Å²) >= 11 is 1.17. The number of nitrogens with two attached hydrogens (primary N) is 1. The molecule has 1 aliphatic heterocycles. The molecule has 0 aliphatic carbocycles. The summed E-state index contributed by atoms with van der Waals surface area (Å²) in [6.07, 6.45) is 1.67. The van der Waals surface area contributed by atoms with E-state index in [1.54, 1.807) is 0 Å². The fraction of sp³-hybridized carbons (Fsp3) is 0.471. The molecule has 2 aromatic rings. The molecule has 3 heterocycles. The van der Waals surface area contributed by atoms with Crippen molar-refractivity contribution in [3.63, 3.8) is 0 Å². The van der Waals surface area contributed by atoms with Crippen LogP contribution in [0.3, 0.4) is 0 Å². The number of halogens is 2. The molecule has 0 saturated heterocycles. The fourth-order valence-corrected chi connectivity index (χ4v) is 4.79. The molecule has 4 N–H and O–H groups in total. The van der Waals surface area contributed by atoms with Gasteiger partial charge in [-0.1, -0.05) is 0 Å². The first-order chi connectivity index (χ1) is 12.4. The predicted octanol–water partition coefficient (Wildman–Crippen LogP) is 2.70. The molecule has 0 atom stereocenters. The molecule has 27 heavy (non-hydrogen) atoms. The van der Waals surface area contributed by atoms with Crippen LogP contribution in [0.2, 0.25) is 0 Å². The molecule has 0 radical (unpaired) electrons. The lowest BCUT2D eigenvalue weighted by Crippen LogP contribution is -2.43. The maximum Gasteiger partial charge on any atom is 0.473 e. The van der Waals surface area contributed by atoms with E-state index in [0.717, 1.165) is 10.4 Å². The summed E-state index contributed by atoms with van der Waals surface area (Å²) in [5.41, 5.74) is 5.02. The smallest absolute Gasteiger partial charge is 0.365 e. The Morgan fingerprint density at radius 2 is 2.04 bits per heavy atom. The van der Waals surface area contributed by atoms with Gasteiger partial charge < -0.3 is 15.8 Å². The third kappa shape index (κ3) is 3.46. The number of H-pyrrole nitrogens is 1. The summed E-state index contributed by atoms with van der Waals surface area (Å²) in [6, 6.07) is 1.23. The number of ether oxygens (including phenoxy) is 1. The van der Waals surface area contributed by atoms with Crippen molar-refractivity contribution in [1.82, 2.24) is 5.10 Å². The average molecular weight is 399 g/mol. The van der Waals surface area contributed by atoms with Crippen molar-refractivity contribution in [2.24, 2.45) is 5.73 Å². The number of hydrogen-bond donors (Lipinski definition) is 3. The van der Waals surface area contributed by atoms with Crippen LogP contribution in [0.1, 0.15) is 65.5 Å². The van der Waals surface area contributed by atoms with E-state index >= 15 is 0 Å². The number of carbonyl (C=O) groups excluding carboxylic acids is 2. The van der Waals surface area contributed by atoms with Gasteiger partial charge in [-0.05, 0) is 37.9 Å². The quantitative estimate of drug-likeness (QED) is 0.689. The molecule has 0 fully saturated rings. The standard InChI is InChI=1S/C17H20F2N4O3S/c1-16(2)7-8-10(12(20)24)14(27-11(8)17(3,4)26-16)22-13(25)9-5-6-21-23(9)15(18)19/h5-6,15H,7H2,1-4H3,(H3,20,22,24,25)/p+1. The molecule has 0 spiro atoms. The number of hydrogen-bond acceptors (Lipinski definition) is 4. The molecule has 7 nitrogen and oxygen atoms in total. The van der Waals surface area contributed by atoms with Gasteiger partial charge in [0.2, 0.25) is 0 Å². The van der Waals surface area contributed by atoms with Crippen LogP contribution in [0.15, 0.2) is 12.3 Å². The first-order valence-electron chi connectivity index (χ1n) is 8.27. The minimum atomic E-state index is -2.90. The van der Waals surface area contributed by atoms with E-state index in [9.17, 15) is 18.4 Å². The van der Waals surface area contributed by atoms with Crippen LogP contribution in [-0.4, -0.2) is 22.5 Å². The Hall–Kier alpha value is -2.33. The lowest BCUT2D eigenvalue weighted by Gasteiger charge is -2.41. The Labute approximate surface area is 158 Å². The van der Waals surface area contributed by atoms with Crippen molar-refractivity contribution >= 4 is 28.2 Å². The van der Waals surface area contributed by atoms with Gasteiger partial charge in [-0.15, -0.1) is 20.1 Å². The van der Waals surface area contributed by atoms with Gasteiger partial charge in [0, 0.05) is 17.4 Å². The van der Waals surface area contributed by atoms with Crippen LogP contribution < -0.4 is 15.7 Å². The molecule has 0 unspecified atom stereocenters. The maximum atomic E-state index is 13.0. The second kappa shape index (κ2) is 6.38. The van der Waals surface area contributed by atoms with E-state index in [4.69, 9.17) is 10.5 Å². The zero-order valence-electron chi connectivity index (χ0n) is 15.4. The highest BCUT2D eigenvalue weighted by molar-refractivity contribution is 7.17. The summed E-state index contributed by atoms with van der Waals surface area (Å²) in [5, 5.41) is 5.07. The number of fused-ring (bicyclic) bond motifs is 1. The van der Waals surface area contributed by atoms with Crippen molar-refractivity contribution in [2.45, 2.75) is 51.9 Å². The van der Waals surface area contributed by atoms with Crippen LogP contribution >= 0.6 is 11.3 Å². The van der Waals surface area contributed by atoms with Crippen LogP contribution in [-0.2, 0) is 16.8 Å². The Morgan fingerprint density at radius 3 is 2.63 bits per heavy atom. The lowest BCUT2D eigenvalue weighted by atomic mass is 9.86. The number of rotatable bonds is 4. The van der Waals surface area contributed by atoms with E-state index in [0.29, 0.717) is 11.1 Å². The highest BCUT2D eigenvalue weighted by Crippen LogP contribution is 2.48. The minimum absolute atomic E-state index is 0.201. The summed E-state index contributed by atoms with van der Waals surface area (Å²) in [6.45, 7) is 4.65. The molecule has 0 bridgehead atoms.